The lowest BCUT2D eigenvalue weighted by Crippen LogP contribution is -2.58. The van der Waals surface area contributed by atoms with Gasteiger partial charge in [-0.3, -0.25) is 4.79 Å². The normalized spacial score (nSPS) is 20.2. The van der Waals surface area contributed by atoms with Crippen molar-refractivity contribution in [3.05, 3.63) is 0 Å². The van der Waals surface area contributed by atoms with Crippen LogP contribution in [-0.4, -0.2) is 65.9 Å². The molecule has 0 aromatic carbocycles. The maximum atomic E-state index is 12.1. The van der Waals surface area contributed by atoms with Crippen molar-refractivity contribution in [3.63, 3.8) is 0 Å². The standard InChI is InChI=1S/C13H25N3O2/c1-6-14(5)13(18)16-8-7-15(9-11(16)4)12(17)10(2)3/h10-11H,6-9H2,1-5H3. The van der Waals surface area contributed by atoms with Crippen LogP contribution in [0, 0.1) is 5.92 Å². The average Bonchev–Trinajstić information content (AvgIpc) is 2.35. The summed E-state index contributed by atoms with van der Waals surface area (Å²) in [6.07, 6.45) is 0. The van der Waals surface area contributed by atoms with Gasteiger partial charge in [-0.2, -0.15) is 0 Å². The summed E-state index contributed by atoms with van der Waals surface area (Å²) in [5.41, 5.74) is 0. The topological polar surface area (TPSA) is 43.9 Å². The van der Waals surface area contributed by atoms with Crippen LogP contribution in [0.4, 0.5) is 4.79 Å². The van der Waals surface area contributed by atoms with E-state index in [-0.39, 0.29) is 23.9 Å². The van der Waals surface area contributed by atoms with Crippen molar-refractivity contribution in [1.82, 2.24) is 14.7 Å². The van der Waals surface area contributed by atoms with Gasteiger partial charge in [-0.25, -0.2) is 4.79 Å². The van der Waals surface area contributed by atoms with Gasteiger partial charge in [0, 0.05) is 45.2 Å². The summed E-state index contributed by atoms with van der Waals surface area (Å²) in [5.74, 6) is 0.204. The number of rotatable bonds is 2. The number of amides is 3. The van der Waals surface area contributed by atoms with Crippen molar-refractivity contribution in [2.45, 2.75) is 33.7 Å². The highest BCUT2D eigenvalue weighted by atomic mass is 16.2. The lowest BCUT2D eigenvalue weighted by molar-refractivity contribution is -0.136. The first-order chi connectivity index (χ1) is 8.38. The van der Waals surface area contributed by atoms with E-state index in [0.29, 0.717) is 26.2 Å². The number of carbonyl (C=O) groups excluding carboxylic acids is 2. The molecule has 1 aliphatic heterocycles. The second-order valence-electron chi connectivity index (χ2n) is 5.28. The Kier molecular flexibility index (Phi) is 4.99. The quantitative estimate of drug-likeness (QED) is 0.745. The number of carbonyl (C=O) groups is 2. The number of hydrogen-bond acceptors (Lipinski definition) is 2. The van der Waals surface area contributed by atoms with Crippen LogP contribution in [0.15, 0.2) is 0 Å². The molecule has 0 spiro atoms. The highest BCUT2D eigenvalue weighted by Gasteiger charge is 2.31. The summed E-state index contributed by atoms with van der Waals surface area (Å²) < 4.78 is 0. The lowest BCUT2D eigenvalue weighted by Gasteiger charge is -2.41. The third-order valence-corrected chi connectivity index (χ3v) is 3.48. The Labute approximate surface area is 110 Å². The van der Waals surface area contributed by atoms with Crippen LogP contribution in [0.1, 0.15) is 27.7 Å². The van der Waals surface area contributed by atoms with Crippen molar-refractivity contribution in [3.8, 4) is 0 Å². The van der Waals surface area contributed by atoms with Gasteiger partial charge in [0.25, 0.3) is 0 Å². The van der Waals surface area contributed by atoms with Crippen LogP contribution in [0.5, 0.6) is 0 Å². The van der Waals surface area contributed by atoms with Gasteiger partial charge in [0.15, 0.2) is 0 Å². The summed E-state index contributed by atoms with van der Waals surface area (Å²) in [6, 6.07) is 0.143. The molecule has 1 fully saturated rings. The molecule has 1 atom stereocenters. The summed E-state index contributed by atoms with van der Waals surface area (Å²) in [5, 5.41) is 0. The molecule has 0 N–H and O–H groups in total. The first kappa shape index (κ1) is 14.8. The van der Waals surface area contributed by atoms with Crippen LogP contribution in [-0.2, 0) is 4.79 Å². The van der Waals surface area contributed by atoms with Gasteiger partial charge >= 0.3 is 6.03 Å². The van der Waals surface area contributed by atoms with E-state index in [1.54, 1.807) is 11.9 Å². The van der Waals surface area contributed by atoms with Crippen molar-refractivity contribution in [1.29, 1.82) is 0 Å². The van der Waals surface area contributed by atoms with Crippen molar-refractivity contribution in [2.75, 3.05) is 33.2 Å². The monoisotopic (exact) mass is 255 g/mol. The molecule has 18 heavy (non-hydrogen) atoms. The molecule has 3 amide bonds. The van der Waals surface area contributed by atoms with E-state index in [4.69, 9.17) is 0 Å². The average molecular weight is 255 g/mol. The second kappa shape index (κ2) is 6.07. The molecule has 1 rings (SSSR count). The van der Waals surface area contributed by atoms with E-state index in [2.05, 4.69) is 0 Å². The summed E-state index contributed by atoms with van der Waals surface area (Å²) >= 11 is 0. The molecular weight excluding hydrogens is 230 g/mol. The minimum Gasteiger partial charge on any atom is -0.339 e. The molecule has 0 radical (unpaired) electrons. The molecule has 104 valence electrons. The van der Waals surface area contributed by atoms with E-state index in [1.807, 2.05) is 37.5 Å². The van der Waals surface area contributed by atoms with Gasteiger partial charge in [0.1, 0.15) is 0 Å². The fourth-order valence-electron chi connectivity index (χ4n) is 2.16. The summed E-state index contributed by atoms with van der Waals surface area (Å²) in [6.45, 7) is 10.4. The maximum Gasteiger partial charge on any atom is 0.320 e. The number of piperazine rings is 1. The largest absolute Gasteiger partial charge is 0.339 e. The molecule has 5 heteroatoms. The Morgan fingerprint density at radius 3 is 2.39 bits per heavy atom. The van der Waals surface area contributed by atoms with E-state index >= 15 is 0 Å². The molecule has 0 aromatic heterocycles. The molecular formula is C13H25N3O2. The zero-order valence-electron chi connectivity index (χ0n) is 12.1. The van der Waals surface area contributed by atoms with E-state index in [0.717, 1.165) is 0 Å². The molecule has 1 aliphatic rings. The van der Waals surface area contributed by atoms with E-state index in [1.165, 1.54) is 0 Å². The van der Waals surface area contributed by atoms with Crippen LogP contribution in [0.25, 0.3) is 0 Å². The van der Waals surface area contributed by atoms with Gasteiger partial charge in [-0.15, -0.1) is 0 Å². The Morgan fingerprint density at radius 2 is 1.94 bits per heavy atom. The van der Waals surface area contributed by atoms with Crippen LogP contribution < -0.4 is 0 Å². The minimum atomic E-state index is 0.0257. The number of hydrogen-bond donors (Lipinski definition) is 0. The molecule has 5 nitrogen and oxygen atoms in total. The molecule has 1 unspecified atom stereocenters. The van der Waals surface area contributed by atoms with Gasteiger partial charge in [-0.1, -0.05) is 13.8 Å². The minimum absolute atomic E-state index is 0.0257. The predicted molar refractivity (Wildman–Crippen MR) is 71.3 cm³/mol. The fourth-order valence-corrected chi connectivity index (χ4v) is 2.16. The summed E-state index contributed by atoms with van der Waals surface area (Å²) in [4.78, 5) is 29.4. The zero-order valence-corrected chi connectivity index (χ0v) is 12.1. The highest BCUT2D eigenvalue weighted by molar-refractivity contribution is 5.79. The van der Waals surface area contributed by atoms with Crippen molar-refractivity contribution in [2.24, 2.45) is 5.92 Å². The Balaban J connectivity index is 2.61. The third kappa shape index (κ3) is 3.15. The van der Waals surface area contributed by atoms with Crippen molar-refractivity contribution >= 4 is 11.9 Å². The van der Waals surface area contributed by atoms with Crippen LogP contribution >= 0.6 is 0 Å². The summed E-state index contributed by atoms with van der Waals surface area (Å²) in [7, 11) is 1.81. The van der Waals surface area contributed by atoms with Gasteiger partial charge in [0.2, 0.25) is 5.91 Å². The zero-order chi connectivity index (χ0) is 13.9. The number of urea groups is 1. The molecule has 0 bridgehead atoms. The fraction of sp³-hybridized carbons (Fsp3) is 0.846. The SMILES string of the molecule is CCN(C)C(=O)N1CCN(C(=O)C(C)C)CC1C. The molecule has 0 aliphatic carbocycles. The smallest absolute Gasteiger partial charge is 0.320 e. The molecule has 1 heterocycles. The van der Waals surface area contributed by atoms with Gasteiger partial charge in [-0.05, 0) is 13.8 Å². The van der Waals surface area contributed by atoms with Gasteiger partial charge in [0.05, 0.1) is 0 Å². The maximum absolute atomic E-state index is 12.1. The highest BCUT2D eigenvalue weighted by Crippen LogP contribution is 2.14. The Morgan fingerprint density at radius 1 is 1.33 bits per heavy atom. The van der Waals surface area contributed by atoms with E-state index in [9.17, 15) is 9.59 Å². The third-order valence-electron chi connectivity index (χ3n) is 3.48. The molecule has 1 saturated heterocycles. The molecule has 0 aromatic rings. The Hall–Kier alpha value is -1.26. The van der Waals surface area contributed by atoms with Crippen molar-refractivity contribution < 1.29 is 9.59 Å². The Bertz CT molecular complexity index is 317. The van der Waals surface area contributed by atoms with Crippen LogP contribution in [0.3, 0.4) is 0 Å². The first-order valence-corrected chi connectivity index (χ1v) is 6.69. The second-order valence-corrected chi connectivity index (χ2v) is 5.28. The predicted octanol–water partition coefficient (Wildman–Crippen LogP) is 1.25. The number of nitrogens with zero attached hydrogens (tertiary/aromatic N) is 3. The lowest BCUT2D eigenvalue weighted by atomic mass is 10.1. The van der Waals surface area contributed by atoms with Crippen LogP contribution in [0.2, 0.25) is 0 Å². The first-order valence-electron chi connectivity index (χ1n) is 6.69. The van der Waals surface area contributed by atoms with E-state index < -0.39 is 0 Å². The van der Waals surface area contributed by atoms with Gasteiger partial charge < -0.3 is 14.7 Å². The molecule has 0 saturated carbocycles.